The molecule has 0 heterocycles. The molecule has 0 aliphatic carbocycles. The summed E-state index contributed by atoms with van der Waals surface area (Å²) in [4.78, 5) is 0. The molecule has 2 aromatic carbocycles. The molecule has 0 amide bonds. The monoisotopic (exact) mass is 360 g/mol. The predicted octanol–water partition coefficient (Wildman–Crippen LogP) is 3.84. The first-order chi connectivity index (χ1) is 9.37. The van der Waals surface area contributed by atoms with E-state index in [4.69, 9.17) is 0 Å². The van der Waals surface area contributed by atoms with Crippen LogP contribution < -0.4 is 0 Å². The lowest BCUT2D eigenvalue weighted by molar-refractivity contribution is 0.554. The molecule has 0 saturated carbocycles. The van der Waals surface area contributed by atoms with Crippen molar-refractivity contribution in [2.75, 3.05) is 0 Å². The van der Waals surface area contributed by atoms with Gasteiger partial charge in [0, 0.05) is 10.0 Å². The van der Waals surface area contributed by atoms with Crippen LogP contribution in [0.1, 0.15) is 11.1 Å². The summed E-state index contributed by atoms with van der Waals surface area (Å²) in [5.74, 6) is -2.64. The Morgan fingerprint density at radius 3 is 2.05 bits per heavy atom. The van der Waals surface area contributed by atoms with E-state index in [2.05, 4.69) is 15.9 Å². The summed E-state index contributed by atoms with van der Waals surface area (Å²) < 4.78 is 51.6. The molecule has 0 bridgehead atoms. The van der Waals surface area contributed by atoms with Crippen LogP contribution >= 0.6 is 15.9 Å². The Balaban J connectivity index is 2.25. The molecule has 0 unspecified atom stereocenters. The van der Waals surface area contributed by atoms with Crippen LogP contribution in [0.2, 0.25) is 0 Å². The van der Waals surface area contributed by atoms with Crippen LogP contribution in [-0.4, -0.2) is 8.42 Å². The molecule has 0 atom stereocenters. The van der Waals surface area contributed by atoms with E-state index in [1.807, 2.05) is 0 Å². The van der Waals surface area contributed by atoms with Gasteiger partial charge in [-0.15, -0.1) is 0 Å². The fraction of sp³-hybridized carbons (Fsp3) is 0.143. The minimum atomic E-state index is -3.64. The van der Waals surface area contributed by atoms with E-state index in [9.17, 15) is 17.2 Å². The molecule has 6 heteroatoms. The summed E-state index contributed by atoms with van der Waals surface area (Å²) in [6, 6.07) is 10.6. The van der Waals surface area contributed by atoms with Gasteiger partial charge in [0.05, 0.1) is 11.5 Å². The van der Waals surface area contributed by atoms with Gasteiger partial charge in [-0.05, 0) is 17.7 Å². The zero-order valence-electron chi connectivity index (χ0n) is 10.3. The molecule has 0 aromatic heterocycles. The van der Waals surface area contributed by atoms with Crippen LogP contribution in [0.15, 0.2) is 46.9 Å². The van der Waals surface area contributed by atoms with Gasteiger partial charge in [0.25, 0.3) is 0 Å². The van der Waals surface area contributed by atoms with Gasteiger partial charge in [0.1, 0.15) is 11.6 Å². The smallest absolute Gasteiger partial charge is 0.158 e. The van der Waals surface area contributed by atoms with Crippen LogP contribution in [0.25, 0.3) is 0 Å². The van der Waals surface area contributed by atoms with Gasteiger partial charge >= 0.3 is 0 Å². The third-order valence-electron chi connectivity index (χ3n) is 2.70. The van der Waals surface area contributed by atoms with E-state index in [1.54, 1.807) is 30.3 Å². The summed E-state index contributed by atoms with van der Waals surface area (Å²) in [6.07, 6.45) is 0. The average molecular weight is 361 g/mol. The molecule has 0 spiro atoms. The highest BCUT2D eigenvalue weighted by Gasteiger charge is 2.19. The molecule has 20 heavy (non-hydrogen) atoms. The molecule has 0 fully saturated rings. The first-order valence-electron chi connectivity index (χ1n) is 5.75. The minimum absolute atomic E-state index is 0.233. The quantitative estimate of drug-likeness (QED) is 0.829. The number of rotatable bonds is 4. The number of hydrogen-bond acceptors (Lipinski definition) is 2. The third-order valence-corrected chi connectivity index (χ3v) is 4.66. The van der Waals surface area contributed by atoms with Crippen LogP contribution in [0.5, 0.6) is 0 Å². The van der Waals surface area contributed by atoms with E-state index in [-0.39, 0.29) is 10.2 Å². The Morgan fingerprint density at radius 1 is 0.950 bits per heavy atom. The molecule has 2 rings (SSSR count). The molecule has 0 aliphatic rings. The van der Waals surface area contributed by atoms with Gasteiger partial charge in [0.15, 0.2) is 9.84 Å². The standard InChI is InChI=1S/C14H11BrF2O2S/c15-11-6-13(16)12(14(17)7-11)9-20(18,19)8-10-4-2-1-3-5-10/h1-7H,8-9H2. The number of benzene rings is 2. The zero-order chi connectivity index (χ0) is 14.8. The minimum Gasteiger partial charge on any atom is -0.228 e. The van der Waals surface area contributed by atoms with Gasteiger partial charge in [-0.2, -0.15) is 0 Å². The zero-order valence-corrected chi connectivity index (χ0v) is 12.7. The summed E-state index contributed by atoms with van der Waals surface area (Å²) in [6.45, 7) is 0. The summed E-state index contributed by atoms with van der Waals surface area (Å²) in [5, 5.41) is 0. The predicted molar refractivity (Wildman–Crippen MR) is 76.8 cm³/mol. The van der Waals surface area contributed by atoms with Crippen molar-refractivity contribution in [3.05, 3.63) is 69.7 Å². The largest absolute Gasteiger partial charge is 0.228 e. The SMILES string of the molecule is O=S(=O)(Cc1ccccc1)Cc1c(F)cc(Br)cc1F. The van der Waals surface area contributed by atoms with Gasteiger partial charge in [-0.3, -0.25) is 0 Å². The first kappa shape index (κ1) is 15.1. The average Bonchev–Trinajstić information content (AvgIpc) is 2.34. The molecular weight excluding hydrogens is 350 g/mol. The topological polar surface area (TPSA) is 34.1 Å². The molecule has 0 saturated heterocycles. The maximum Gasteiger partial charge on any atom is 0.158 e. The Hall–Kier alpha value is -1.27. The molecule has 106 valence electrons. The second-order valence-electron chi connectivity index (χ2n) is 4.37. The van der Waals surface area contributed by atoms with Crippen LogP contribution in [0, 0.1) is 11.6 Å². The molecular formula is C14H11BrF2O2S. The fourth-order valence-electron chi connectivity index (χ4n) is 1.81. The van der Waals surface area contributed by atoms with Crippen molar-refractivity contribution in [2.24, 2.45) is 0 Å². The van der Waals surface area contributed by atoms with Gasteiger partial charge in [-0.1, -0.05) is 46.3 Å². The molecule has 2 aromatic rings. The van der Waals surface area contributed by atoms with E-state index < -0.39 is 32.8 Å². The van der Waals surface area contributed by atoms with Crippen molar-refractivity contribution in [1.82, 2.24) is 0 Å². The Labute approximate surface area is 124 Å². The van der Waals surface area contributed by atoms with Crippen LogP contribution in [-0.2, 0) is 21.3 Å². The van der Waals surface area contributed by atoms with Gasteiger partial charge in [-0.25, -0.2) is 17.2 Å². The van der Waals surface area contributed by atoms with Crippen molar-refractivity contribution in [3.63, 3.8) is 0 Å². The highest BCUT2D eigenvalue weighted by molar-refractivity contribution is 9.10. The second-order valence-corrected chi connectivity index (χ2v) is 7.35. The van der Waals surface area contributed by atoms with E-state index in [0.717, 1.165) is 12.1 Å². The summed E-state index contributed by atoms with van der Waals surface area (Å²) >= 11 is 2.95. The van der Waals surface area contributed by atoms with Crippen molar-refractivity contribution >= 4 is 25.8 Å². The lowest BCUT2D eigenvalue weighted by atomic mass is 10.2. The lowest BCUT2D eigenvalue weighted by Gasteiger charge is -2.07. The summed E-state index contributed by atoms with van der Waals surface area (Å²) in [7, 11) is -3.64. The Bertz CT molecular complexity index is 692. The van der Waals surface area contributed by atoms with Crippen molar-refractivity contribution in [2.45, 2.75) is 11.5 Å². The summed E-state index contributed by atoms with van der Waals surface area (Å²) in [5.41, 5.74) is 0.162. The first-order valence-corrected chi connectivity index (χ1v) is 8.36. The lowest BCUT2D eigenvalue weighted by Crippen LogP contribution is -2.10. The fourth-order valence-corrected chi connectivity index (χ4v) is 3.73. The van der Waals surface area contributed by atoms with Crippen molar-refractivity contribution in [1.29, 1.82) is 0 Å². The Morgan fingerprint density at radius 2 is 1.50 bits per heavy atom. The maximum atomic E-state index is 13.6. The molecule has 0 radical (unpaired) electrons. The molecule has 0 aliphatic heterocycles. The van der Waals surface area contributed by atoms with Gasteiger partial charge < -0.3 is 0 Å². The number of hydrogen-bond donors (Lipinski definition) is 0. The second kappa shape index (κ2) is 6.01. The van der Waals surface area contributed by atoms with Gasteiger partial charge in [0.2, 0.25) is 0 Å². The Kier molecular flexibility index (Phi) is 4.55. The van der Waals surface area contributed by atoms with Crippen LogP contribution in [0.4, 0.5) is 8.78 Å². The van der Waals surface area contributed by atoms with E-state index in [1.165, 1.54) is 0 Å². The van der Waals surface area contributed by atoms with Crippen molar-refractivity contribution < 1.29 is 17.2 Å². The van der Waals surface area contributed by atoms with Crippen molar-refractivity contribution in [3.8, 4) is 0 Å². The number of sulfone groups is 1. The maximum absolute atomic E-state index is 13.6. The number of halogens is 3. The highest BCUT2D eigenvalue weighted by Crippen LogP contribution is 2.22. The van der Waals surface area contributed by atoms with E-state index >= 15 is 0 Å². The van der Waals surface area contributed by atoms with Crippen LogP contribution in [0.3, 0.4) is 0 Å². The van der Waals surface area contributed by atoms with E-state index in [0.29, 0.717) is 5.56 Å². The molecule has 0 N–H and O–H groups in total. The third kappa shape index (κ3) is 3.86. The normalized spacial score (nSPS) is 11.6. The highest BCUT2D eigenvalue weighted by atomic mass is 79.9. The molecule has 2 nitrogen and oxygen atoms in total.